The third-order valence-corrected chi connectivity index (χ3v) is 2.30. The van der Waals surface area contributed by atoms with E-state index in [0.29, 0.717) is 17.8 Å². The third kappa shape index (κ3) is 4.70. The summed E-state index contributed by atoms with van der Waals surface area (Å²) in [5.74, 6) is 1.03. The molecule has 0 saturated carbocycles. The van der Waals surface area contributed by atoms with Crippen LogP contribution in [0.3, 0.4) is 0 Å². The maximum absolute atomic E-state index is 5.49. The molecule has 98 valence electrons. The van der Waals surface area contributed by atoms with Crippen LogP contribution in [0, 0.1) is 5.92 Å². The first kappa shape index (κ1) is 13.9. The highest BCUT2D eigenvalue weighted by molar-refractivity contribution is 5.24. The molecule has 17 heavy (non-hydrogen) atoms. The largest absolute Gasteiger partial charge is 0.407 e. The maximum Gasteiger partial charge on any atom is 0.318 e. The molecule has 0 aliphatic carbocycles. The topological polar surface area (TPSA) is 71.4 Å². The van der Waals surface area contributed by atoms with Gasteiger partial charge in [0.15, 0.2) is 0 Å². The van der Waals surface area contributed by atoms with Gasteiger partial charge in [-0.25, -0.2) is 0 Å². The molecular weight excluding hydrogens is 218 g/mol. The van der Waals surface area contributed by atoms with Crippen LogP contribution in [0.2, 0.25) is 0 Å². The summed E-state index contributed by atoms with van der Waals surface area (Å²) in [6.07, 6.45) is 0. The molecule has 0 spiro atoms. The van der Waals surface area contributed by atoms with Gasteiger partial charge in [0, 0.05) is 19.6 Å². The molecule has 0 aliphatic rings. The number of aromatic nitrogens is 2. The second-order valence-electron chi connectivity index (χ2n) is 4.83. The Morgan fingerprint density at radius 2 is 1.94 bits per heavy atom. The monoisotopic (exact) mass is 241 g/mol. The summed E-state index contributed by atoms with van der Waals surface area (Å²) in [5.41, 5.74) is 5.46. The standard InChI is InChI=1S/C11H23N5O/c1-9(2)8-16(6-5-15(3)4)11-14-13-10(7-12)17-11/h9H,5-8,12H2,1-4H3. The molecule has 6 heteroatoms. The molecular formula is C11H23N5O. The Bertz CT molecular complexity index is 323. The Morgan fingerprint density at radius 3 is 2.41 bits per heavy atom. The van der Waals surface area contributed by atoms with Crippen LogP contribution in [0.25, 0.3) is 0 Å². The minimum Gasteiger partial charge on any atom is -0.407 e. The van der Waals surface area contributed by atoms with E-state index in [1.807, 2.05) is 14.1 Å². The minimum absolute atomic E-state index is 0.288. The minimum atomic E-state index is 0.288. The average Bonchev–Trinajstić information content (AvgIpc) is 2.71. The van der Waals surface area contributed by atoms with Crippen LogP contribution in [-0.4, -0.2) is 48.8 Å². The average molecular weight is 241 g/mol. The number of anilines is 1. The van der Waals surface area contributed by atoms with Gasteiger partial charge >= 0.3 is 6.01 Å². The van der Waals surface area contributed by atoms with Crippen LogP contribution in [0.15, 0.2) is 4.42 Å². The molecule has 1 aromatic heterocycles. The van der Waals surface area contributed by atoms with Gasteiger partial charge in [-0.2, -0.15) is 0 Å². The SMILES string of the molecule is CC(C)CN(CCN(C)C)c1nnc(CN)o1. The fourth-order valence-electron chi connectivity index (χ4n) is 1.48. The van der Waals surface area contributed by atoms with Gasteiger partial charge < -0.3 is 20.0 Å². The van der Waals surface area contributed by atoms with Crippen molar-refractivity contribution in [1.29, 1.82) is 0 Å². The first-order valence-electron chi connectivity index (χ1n) is 5.95. The van der Waals surface area contributed by atoms with Gasteiger partial charge in [-0.05, 0) is 20.0 Å². The van der Waals surface area contributed by atoms with Gasteiger partial charge in [0.05, 0.1) is 6.54 Å². The van der Waals surface area contributed by atoms with Crippen molar-refractivity contribution in [3.63, 3.8) is 0 Å². The van der Waals surface area contributed by atoms with Crippen LogP contribution in [0.1, 0.15) is 19.7 Å². The summed E-state index contributed by atoms with van der Waals surface area (Å²) in [4.78, 5) is 4.24. The predicted octanol–water partition coefficient (Wildman–Crippen LogP) is 0.552. The van der Waals surface area contributed by atoms with Gasteiger partial charge in [0.2, 0.25) is 5.89 Å². The molecule has 0 atom stereocenters. The van der Waals surface area contributed by atoms with E-state index >= 15 is 0 Å². The zero-order chi connectivity index (χ0) is 12.8. The van der Waals surface area contributed by atoms with Crippen molar-refractivity contribution in [3.05, 3.63) is 5.89 Å². The molecule has 2 N–H and O–H groups in total. The smallest absolute Gasteiger partial charge is 0.318 e. The zero-order valence-corrected chi connectivity index (χ0v) is 11.2. The van der Waals surface area contributed by atoms with E-state index in [0.717, 1.165) is 19.6 Å². The molecule has 1 rings (SSSR count). The van der Waals surface area contributed by atoms with Crippen LogP contribution in [-0.2, 0) is 6.54 Å². The number of hydrogen-bond acceptors (Lipinski definition) is 6. The Morgan fingerprint density at radius 1 is 1.24 bits per heavy atom. The molecule has 0 fully saturated rings. The molecule has 0 saturated heterocycles. The molecule has 0 bridgehead atoms. The summed E-state index contributed by atoms with van der Waals surface area (Å²) >= 11 is 0. The molecule has 6 nitrogen and oxygen atoms in total. The van der Waals surface area contributed by atoms with E-state index in [9.17, 15) is 0 Å². The summed E-state index contributed by atoms with van der Waals surface area (Å²) < 4.78 is 5.49. The van der Waals surface area contributed by atoms with Gasteiger partial charge in [0.25, 0.3) is 0 Å². The van der Waals surface area contributed by atoms with Crippen molar-refractivity contribution in [3.8, 4) is 0 Å². The highest BCUT2D eigenvalue weighted by Gasteiger charge is 2.15. The van der Waals surface area contributed by atoms with Crippen molar-refractivity contribution < 1.29 is 4.42 Å². The number of nitrogens with two attached hydrogens (primary N) is 1. The summed E-state index contributed by atoms with van der Waals surface area (Å²) in [6, 6.07) is 0.570. The highest BCUT2D eigenvalue weighted by atomic mass is 16.4. The van der Waals surface area contributed by atoms with E-state index in [4.69, 9.17) is 10.2 Å². The van der Waals surface area contributed by atoms with Crippen LogP contribution in [0.4, 0.5) is 6.01 Å². The van der Waals surface area contributed by atoms with E-state index in [-0.39, 0.29) is 6.54 Å². The van der Waals surface area contributed by atoms with Crippen molar-refractivity contribution in [1.82, 2.24) is 15.1 Å². The second-order valence-corrected chi connectivity index (χ2v) is 4.83. The van der Waals surface area contributed by atoms with Gasteiger partial charge in [0.1, 0.15) is 0 Å². The fraction of sp³-hybridized carbons (Fsp3) is 0.818. The van der Waals surface area contributed by atoms with Crippen molar-refractivity contribution in [2.24, 2.45) is 11.7 Å². The lowest BCUT2D eigenvalue weighted by molar-refractivity contribution is 0.396. The quantitative estimate of drug-likeness (QED) is 0.752. The molecule has 0 unspecified atom stereocenters. The molecule has 0 aromatic carbocycles. The van der Waals surface area contributed by atoms with E-state index in [1.54, 1.807) is 0 Å². The van der Waals surface area contributed by atoms with Gasteiger partial charge in [-0.3, -0.25) is 0 Å². The van der Waals surface area contributed by atoms with Crippen molar-refractivity contribution in [2.75, 3.05) is 38.6 Å². The molecule has 0 aliphatic heterocycles. The molecule has 0 amide bonds. The van der Waals surface area contributed by atoms with E-state index in [1.165, 1.54) is 0 Å². The Hall–Kier alpha value is -1.14. The number of nitrogens with zero attached hydrogens (tertiary/aromatic N) is 4. The fourth-order valence-corrected chi connectivity index (χ4v) is 1.48. The van der Waals surface area contributed by atoms with Crippen LogP contribution in [0.5, 0.6) is 0 Å². The molecule has 1 heterocycles. The van der Waals surface area contributed by atoms with Crippen molar-refractivity contribution >= 4 is 6.01 Å². The van der Waals surface area contributed by atoms with Gasteiger partial charge in [-0.15, -0.1) is 5.10 Å². The second kappa shape index (κ2) is 6.56. The molecule has 0 radical (unpaired) electrons. The Labute approximate surface area is 103 Å². The Balaban J connectivity index is 2.67. The lowest BCUT2D eigenvalue weighted by Crippen LogP contribution is -2.34. The highest BCUT2D eigenvalue weighted by Crippen LogP contribution is 2.13. The van der Waals surface area contributed by atoms with Crippen molar-refractivity contribution in [2.45, 2.75) is 20.4 Å². The van der Waals surface area contributed by atoms with Gasteiger partial charge in [-0.1, -0.05) is 18.9 Å². The summed E-state index contributed by atoms with van der Waals surface area (Å²) in [6.45, 7) is 7.35. The zero-order valence-electron chi connectivity index (χ0n) is 11.2. The maximum atomic E-state index is 5.49. The number of likely N-dealkylation sites (N-methyl/N-ethyl adjacent to an activating group) is 1. The summed E-state index contributed by atoms with van der Waals surface area (Å²) in [7, 11) is 4.10. The lowest BCUT2D eigenvalue weighted by Gasteiger charge is -2.23. The van der Waals surface area contributed by atoms with E-state index < -0.39 is 0 Å². The molecule has 1 aromatic rings. The van der Waals surface area contributed by atoms with Crippen LogP contribution < -0.4 is 10.6 Å². The van der Waals surface area contributed by atoms with E-state index in [2.05, 4.69) is 33.8 Å². The lowest BCUT2D eigenvalue weighted by atomic mass is 10.2. The third-order valence-electron chi connectivity index (χ3n) is 2.30. The predicted molar refractivity (Wildman–Crippen MR) is 67.8 cm³/mol. The first-order chi connectivity index (χ1) is 8.02. The van der Waals surface area contributed by atoms with Crippen LogP contribution >= 0.6 is 0 Å². The number of hydrogen-bond donors (Lipinski definition) is 1. The number of rotatable bonds is 7. The normalized spacial score (nSPS) is 11.5. The Kier molecular flexibility index (Phi) is 5.37. The first-order valence-corrected chi connectivity index (χ1v) is 5.95. The summed E-state index contributed by atoms with van der Waals surface area (Å²) in [5, 5.41) is 7.92.